The molecule has 0 fully saturated rings. The molecule has 0 aliphatic rings. The van der Waals surface area contributed by atoms with E-state index in [-0.39, 0.29) is 0 Å². The molecule has 0 saturated carbocycles. The Morgan fingerprint density at radius 2 is 2.00 bits per heavy atom. The maximum absolute atomic E-state index is 10.6. The van der Waals surface area contributed by atoms with Gasteiger partial charge in [0.1, 0.15) is 17.4 Å². The Kier molecular flexibility index (Phi) is 3.88. The fraction of sp³-hybridized carbons (Fsp3) is 0.125. The maximum atomic E-state index is 10.6. The highest BCUT2D eigenvalue weighted by atomic mass is 127. The van der Waals surface area contributed by atoms with Crippen LogP contribution in [-0.4, -0.2) is 5.11 Å². The average Bonchev–Trinajstić information content (AvgIpc) is 2.86. The van der Waals surface area contributed by atoms with Crippen molar-refractivity contribution in [2.24, 2.45) is 0 Å². The van der Waals surface area contributed by atoms with Gasteiger partial charge in [-0.1, -0.05) is 34.1 Å². The van der Waals surface area contributed by atoms with Gasteiger partial charge in [0.2, 0.25) is 0 Å². The van der Waals surface area contributed by atoms with Crippen LogP contribution in [-0.2, 0) is 0 Å². The molecule has 0 aliphatic carbocycles. The summed E-state index contributed by atoms with van der Waals surface area (Å²) in [6.07, 6.45) is -0.758. The van der Waals surface area contributed by atoms with Crippen LogP contribution in [0.1, 0.15) is 23.0 Å². The summed E-state index contributed by atoms with van der Waals surface area (Å²) in [7, 11) is 0. The number of aliphatic hydroxyl groups excluding tert-OH is 1. The maximum Gasteiger partial charge on any atom is 0.138 e. The highest BCUT2D eigenvalue weighted by molar-refractivity contribution is 14.1. The quantitative estimate of drug-likeness (QED) is 0.554. The van der Waals surface area contributed by atoms with Crippen LogP contribution < -0.4 is 0 Å². The molecule has 20 heavy (non-hydrogen) atoms. The standard InChI is InChI=1S/C16H12BrIO2/c1-9-3-2-4-10-7-14(20-16(9)10)15(19)12-8-11(17)5-6-13(12)18/h2-8,15,19H,1H3. The summed E-state index contributed by atoms with van der Waals surface area (Å²) in [5.41, 5.74) is 2.76. The van der Waals surface area contributed by atoms with Crippen LogP contribution in [0, 0.1) is 10.5 Å². The third-order valence-corrected chi connectivity index (χ3v) is 4.76. The molecule has 0 amide bonds. The molecule has 4 heteroatoms. The first-order valence-electron chi connectivity index (χ1n) is 6.18. The molecule has 0 saturated heterocycles. The zero-order chi connectivity index (χ0) is 14.3. The van der Waals surface area contributed by atoms with Crippen molar-refractivity contribution in [2.45, 2.75) is 13.0 Å². The fourth-order valence-corrected chi connectivity index (χ4v) is 3.25. The molecule has 0 radical (unpaired) electrons. The largest absolute Gasteiger partial charge is 0.458 e. The van der Waals surface area contributed by atoms with E-state index in [1.807, 2.05) is 49.4 Å². The number of hydrogen-bond donors (Lipinski definition) is 1. The van der Waals surface area contributed by atoms with Crippen molar-refractivity contribution >= 4 is 49.5 Å². The normalized spacial score (nSPS) is 12.8. The SMILES string of the molecule is Cc1cccc2cc(C(O)c3cc(Br)ccc3I)oc12. The number of fused-ring (bicyclic) bond motifs is 1. The van der Waals surface area contributed by atoms with Crippen molar-refractivity contribution in [1.29, 1.82) is 0 Å². The van der Waals surface area contributed by atoms with Gasteiger partial charge in [0.15, 0.2) is 0 Å². The number of aliphatic hydroxyl groups is 1. The molecule has 1 atom stereocenters. The molecule has 0 aliphatic heterocycles. The number of benzene rings is 2. The molecule has 3 aromatic rings. The number of hydrogen-bond acceptors (Lipinski definition) is 2. The summed E-state index contributed by atoms with van der Waals surface area (Å²) >= 11 is 5.66. The van der Waals surface area contributed by atoms with Crippen molar-refractivity contribution in [3.8, 4) is 0 Å². The number of aryl methyl sites for hydroxylation is 1. The van der Waals surface area contributed by atoms with E-state index in [9.17, 15) is 5.11 Å². The molecule has 2 nitrogen and oxygen atoms in total. The van der Waals surface area contributed by atoms with E-state index >= 15 is 0 Å². The Morgan fingerprint density at radius 1 is 1.20 bits per heavy atom. The minimum Gasteiger partial charge on any atom is -0.458 e. The number of halogens is 2. The van der Waals surface area contributed by atoms with Gasteiger partial charge in [-0.05, 0) is 59.3 Å². The Morgan fingerprint density at radius 3 is 2.75 bits per heavy atom. The minimum absolute atomic E-state index is 0.574. The predicted octanol–water partition coefficient (Wildman–Crippen LogP) is 5.19. The van der Waals surface area contributed by atoms with Gasteiger partial charge in [-0.3, -0.25) is 0 Å². The first kappa shape index (κ1) is 14.1. The highest BCUT2D eigenvalue weighted by Crippen LogP contribution is 2.32. The van der Waals surface area contributed by atoms with E-state index in [1.54, 1.807) is 0 Å². The topological polar surface area (TPSA) is 33.4 Å². The van der Waals surface area contributed by atoms with Crippen molar-refractivity contribution in [1.82, 2.24) is 0 Å². The summed E-state index contributed by atoms with van der Waals surface area (Å²) in [6, 6.07) is 13.7. The van der Waals surface area contributed by atoms with E-state index in [4.69, 9.17) is 4.42 Å². The predicted molar refractivity (Wildman–Crippen MR) is 91.9 cm³/mol. The number of para-hydroxylation sites is 1. The zero-order valence-corrected chi connectivity index (χ0v) is 14.5. The summed E-state index contributed by atoms with van der Waals surface area (Å²) in [5, 5.41) is 11.6. The molecule has 3 rings (SSSR count). The summed E-state index contributed by atoms with van der Waals surface area (Å²) in [4.78, 5) is 0. The monoisotopic (exact) mass is 442 g/mol. The van der Waals surface area contributed by atoms with Crippen LogP contribution in [0.5, 0.6) is 0 Å². The molecule has 102 valence electrons. The van der Waals surface area contributed by atoms with Gasteiger partial charge < -0.3 is 9.52 Å². The third kappa shape index (κ3) is 2.52. The van der Waals surface area contributed by atoms with E-state index < -0.39 is 6.10 Å². The van der Waals surface area contributed by atoms with Crippen LogP contribution in [0.3, 0.4) is 0 Å². The minimum atomic E-state index is -0.758. The number of rotatable bonds is 2. The molecule has 0 spiro atoms. The summed E-state index contributed by atoms with van der Waals surface area (Å²) in [5.74, 6) is 0.574. The lowest BCUT2D eigenvalue weighted by Gasteiger charge is -2.10. The van der Waals surface area contributed by atoms with Gasteiger partial charge in [0.05, 0.1) is 0 Å². The molecule has 1 aromatic heterocycles. The molecule has 1 unspecified atom stereocenters. The van der Waals surface area contributed by atoms with Crippen LogP contribution in [0.2, 0.25) is 0 Å². The van der Waals surface area contributed by atoms with Gasteiger partial charge in [-0.15, -0.1) is 0 Å². The van der Waals surface area contributed by atoms with Crippen LogP contribution in [0.15, 0.2) is 51.4 Å². The summed E-state index contributed by atoms with van der Waals surface area (Å²) in [6.45, 7) is 2.00. The van der Waals surface area contributed by atoms with Crippen molar-refractivity contribution in [3.63, 3.8) is 0 Å². The zero-order valence-electron chi connectivity index (χ0n) is 10.7. The van der Waals surface area contributed by atoms with Crippen LogP contribution >= 0.6 is 38.5 Å². The fourth-order valence-electron chi connectivity index (χ4n) is 2.24. The average molecular weight is 443 g/mol. The van der Waals surface area contributed by atoms with Gasteiger partial charge in [0, 0.05) is 19.0 Å². The second kappa shape index (κ2) is 5.50. The smallest absolute Gasteiger partial charge is 0.138 e. The van der Waals surface area contributed by atoms with Gasteiger partial charge >= 0.3 is 0 Å². The molecule has 2 aromatic carbocycles. The molecule has 0 bridgehead atoms. The lowest BCUT2D eigenvalue weighted by Crippen LogP contribution is -2.00. The highest BCUT2D eigenvalue weighted by Gasteiger charge is 2.18. The molecule has 1 heterocycles. The van der Waals surface area contributed by atoms with Crippen molar-refractivity contribution in [2.75, 3.05) is 0 Å². The number of furan rings is 1. The lowest BCUT2D eigenvalue weighted by atomic mass is 10.1. The van der Waals surface area contributed by atoms with Crippen LogP contribution in [0.4, 0.5) is 0 Å². The lowest BCUT2D eigenvalue weighted by molar-refractivity contribution is 0.191. The second-order valence-corrected chi connectivity index (χ2v) is 6.79. The molecular weight excluding hydrogens is 431 g/mol. The third-order valence-electron chi connectivity index (χ3n) is 3.28. The van der Waals surface area contributed by atoms with E-state index in [0.29, 0.717) is 5.76 Å². The molecule has 1 N–H and O–H groups in total. The van der Waals surface area contributed by atoms with Gasteiger partial charge in [-0.2, -0.15) is 0 Å². The first-order valence-corrected chi connectivity index (χ1v) is 8.05. The van der Waals surface area contributed by atoms with Gasteiger partial charge in [-0.25, -0.2) is 0 Å². The second-order valence-electron chi connectivity index (χ2n) is 4.71. The van der Waals surface area contributed by atoms with Crippen molar-refractivity contribution < 1.29 is 9.52 Å². The first-order chi connectivity index (χ1) is 9.56. The Labute approximate surface area is 139 Å². The van der Waals surface area contributed by atoms with Crippen LogP contribution in [0.25, 0.3) is 11.0 Å². The van der Waals surface area contributed by atoms with E-state index in [0.717, 1.165) is 30.1 Å². The Hall–Kier alpha value is -0.850. The van der Waals surface area contributed by atoms with E-state index in [2.05, 4.69) is 38.5 Å². The van der Waals surface area contributed by atoms with Gasteiger partial charge in [0.25, 0.3) is 0 Å². The van der Waals surface area contributed by atoms with Crippen molar-refractivity contribution in [3.05, 3.63) is 67.4 Å². The summed E-state index contributed by atoms with van der Waals surface area (Å²) < 4.78 is 7.79. The molecular formula is C16H12BrIO2. The van der Waals surface area contributed by atoms with E-state index in [1.165, 1.54) is 0 Å². The Balaban J connectivity index is 2.10. The Bertz CT molecular complexity index is 779.